The van der Waals surface area contributed by atoms with Gasteiger partial charge in [-0.2, -0.15) is 24.4 Å². The molecule has 1 saturated heterocycles. The maximum Gasteiger partial charge on any atom is 0.0231 e. The first-order chi connectivity index (χ1) is 6.14. The van der Waals surface area contributed by atoms with Gasteiger partial charge in [0.25, 0.3) is 0 Å². The summed E-state index contributed by atoms with van der Waals surface area (Å²) in [7, 11) is 0. The van der Waals surface area contributed by atoms with Crippen molar-refractivity contribution in [2.45, 2.75) is 31.4 Å². The number of rotatable bonds is 4. The molecule has 1 rings (SSSR count). The average Bonchev–Trinajstić information content (AvgIpc) is 2.03. The molecule has 0 radical (unpaired) electrons. The summed E-state index contributed by atoms with van der Waals surface area (Å²) < 4.78 is 0.471. The lowest BCUT2D eigenvalue weighted by atomic mass is 10.1. The summed E-state index contributed by atoms with van der Waals surface area (Å²) in [6.45, 7) is 8.50. The largest absolute Gasteiger partial charge is 0.301 e. The minimum Gasteiger partial charge on any atom is -0.301 e. The predicted molar refractivity (Wildman–Crippen MR) is 66.1 cm³/mol. The second kappa shape index (κ2) is 5.52. The van der Waals surface area contributed by atoms with Gasteiger partial charge in [0.05, 0.1) is 0 Å². The van der Waals surface area contributed by atoms with Gasteiger partial charge in [-0.15, -0.1) is 0 Å². The molecule has 1 fully saturated rings. The van der Waals surface area contributed by atoms with E-state index in [2.05, 4.69) is 43.1 Å². The van der Waals surface area contributed by atoms with Crippen LogP contribution >= 0.6 is 24.4 Å². The van der Waals surface area contributed by atoms with Crippen molar-refractivity contribution in [3.8, 4) is 0 Å². The average molecular weight is 219 g/mol. The van der Waals surface area contributed by atoms with E-state index in [-0.39, 0.29) is 0 Å². The molecule has 1 aliphatic rings. The summed E-state index contributed by atoms with van der Waals surface area (Å²) in [6, 6.07) is 0. The Kier molecular flexibility index (Phi) is 4.98. The third-order valence-corrected chi connectivity index (χ3v) is 4.00. The lowest BCUT2D eigenvalue weighted by molar-refractivity contribution is 0.257. The van der Waals surface area contributed by atoms with Crippen LogP contribution in [0.25, 0.3) is 0 Å². The van der Waals surface area contributed by atoms with Crippen LogP contribution in [-0.2, 0) is 0 Å². The quantitative estimate of drug-likeness (QED) is 0.572. The third kappa shape index (κ3) is 4.61. The van der Waals surface area contributed by atoms with Crippen LogP contribution in [0, 0.1) is 0 Å². The van der Waals surface area contributed by atoms with Gasteiger partial charge in [-0.05, 0) is 39.0 Å². The number of nitrogens with zero attached hydrogens (tertiary/aromatic N) is 1. The molecule has 0 aromatic rings. The van der Waals surface area contributed by atoms with Gasteiger partial charge >= 0.3 is 0 Å². The number of hydrogen-bond acceptors (Lipinski definition) is 3. The zero-order valence-corrected chi connectivity index (χ0v) is 10.5. The molecule has 78 valence electrons. The van der Waals surface area contributed by atoms with Crippen LogP contribution in [0.5, 0.6) is 0 Å². The summed E-state index contributed by atoms with van der Waals surface area (Å²) in [5.41, 5.74) is 0. The van der Waals surface area contributed by atoms with Gasteiger partial charge in [0.2, 0.25) is 0 Å². The Hall–Kier alpha value is 0.660. The highest BCUT2D eigenvalue weighted by atomic mass is 32.2. The summed E-state index contributed by atoms with van der Waals surface area (Å²) >= 11 is 6.34. The molecular weight excluding hydrogens is 198 g/mol. The minimum atomic E-state index is 0.471. The van der Waals surface area contributed by atoms with Crippen molar-refractivity contribution < 1.29 is 0 Å². The number of hydrogen-bond donors (Lipinski definition) is 1. The van der Waals surface area contributed by atoms with Crippen molar-refractivity contribution in [3.05, 3.63) is 0 Å². The van der Waals surface area contributed by atoms with E-state index in [0.717, 1.165) is 5.75 Å². The number of unbranched alkanes of at least 4 members (excludes halogenated alkanes) is 1. The SMILES string of the molecule is CC1(C)CN(CCCCS)CCS1. The van der Waals surface area contributed by atoms with E-state index in [4.69, 9.17) is 0 Å². The molecule has 13 heavy (non-hydrogen) atoms. The van der Waals surface area contributed by atoms with Gasteiger partial charge in [-0.3, -0.25) is 0 Å². The van der Waals surface area contributed by atoms with Crippen molar-refractivity contribution in [1.82, 2.24) is 4.90 Å². The highest BCUT2D eigenvalue weighted by molar-refractivity contribution is 8.00. The third-order valence-electron chi connectivity index (χ3n) is 2.39. The molecule has 1 aliphatic heterocycles. The molecular formula is C10H21NS2. The van der Waals surface area contributed by atoms with Crippen LogP contribution in [-0.4, -0.2) is 40.8 Å². The van der Waals surface area contributed by atoms with Crippen LogP contribution in [0.15, 0.2) is 0 Å². The van der Waals surface area contributed by atoms with Crippen molar-refractivity contribution in [2.24, 2.45) is 0 Å². The van der Waals surface area contributed by atoms with Crippen molar-refractivity contribution in [2.75, 3.05) is 31.1 Å². The molecule has 0 unspecified atom stereocenters. The Balaban J connectivity index is 2.19. The first-order valence-corrected chi connectivity index (χ1v) is 6.73. The monoisotopic (exact) mass is 219 g/mol. The van der Waals surface area contributed by atoms with Crippen LogP contribution in [0.3, 0.4) is 0 Å². The minimum absolute atomic E-state index is 0.471. The molecule has 0 bridgehead atoms. The van der Waals surface area contributed by atoms with E-state index < -0.39 is 0 Å². The van der Waals surface area contributed by atoms with E-state index in [0.29, 0.717) is 4.75 Å². The van der Waals surface area contributed by atoms with Gasteiger partial charge in [0.15, 0.2) is 0 Å². The zero-order valence-electron chi connectivity index (χ0n) is 8.75. The number of thiol groups is 1. The molecule has 1 nitrogen and oxygen atoms in total. The fourth-order valence-electron chi connectivity index (χ4n) is 1.75. The fourth-order valence-corrected chi connectivity index (χ4v) is 3.15. The first kappa shape index (κ1) is 11.7. The van der Waals surface area contributed by atoms with Crippen molar-refractivity contribution >= 4 is 24.4 Å². The second-order valence-corrected chi connectivity index (χ2v) is 6.56. The highest BCUT2D eigenvalue weighted by Gasteiger charge is 2.26. The van der Waals surface area contributed by atoms with E-state index in [1.165, 1.54) is 38.2 Å². The molecule has 0 spiro atoms. The van der Waals surface area contributed by atoms with Gasteiger partial charge in [-0.1, -0.05) is 0 Å². The molecule has 0 aliphatic carbocycles. The van der Waals surface area contributed by atoms with Crippen LogP contribution in [0.1, 0.15) is 26.7 Å². The lowest BCUT2D eigenvalue weighted by Crippen LogP contribution is -2.43. The van der Waals surface area contributed by atoms with Gasteiger partial charge in [0.1, 0.15) is 0 Å². The molecule has 0 amide bonds. The fraction of sp³-hybridized carbons (Fsp3) is 1.00. The van der Waals surface area contributed by atoms with E-state index in [9.17, 15) is 0 Å². The lowest BCUT2D eigenvalue weighted by Gasteiger charge is -2.37. The summed E-state index contributed by atoms with van der Waals surface area (Å²) in [4.78, 5) is 2.60. The zero-order chi connectivity index (χ0) is 9.73. The van der Waals surface area contributed by atoms with Crippen LogP contribution < -0.4 is 0 Å². The molecule has 3 heteroatoms. The topological polar surface area (TPSA) is 3.24 Å². The molecule has 0 atom stereocenters. The Morgan fingerprint density at radius 1 is 1.38 bits per heavy atom. The highest BCUT2D eigenvalue weighted by Crippen LogP contribution is 2.29. The smallest absolute Gasteiger partial charge is 0.0231 e. The Morgan fingerprint density at radius 2 is 2.15 bits per heavy atom. The Morgan fingerprint density at radius 3 is 2.77 bits per heavy atom. The maximum absolute atomic E-state index is 4.23. The molecule has 0 aromatic heterocycles. The molecule has 0 aromatic carbocycles. The Bertz CT molecular complexity index is 148. The first-order valence-electron chi connectivity index (χ1n) is 5.11. The van der Waals surface area contributed by atoms with E-state index in [1.807, 2.05) is 0 Å². The molecule has 0 saturated carbocycles. The van der Waals surface area contributed by atoms with Crippen molar-refractivity contribution in [1.29, 1.82) is 0 Å². The predicted octanol–water partition coefficient (Wildman–Crippen LogP) is 2.52. The molecule has 1 heterocycles. The maximum atomic E-state index is 4.23. The normalized spacial score (nSPS) is 23.3. The second-order valence-electron chi connectivity index (χ2n) is 4.32. The van der Waals surface area contributed by atoms with Gasteiger partial charge in [0, 0.05) is 23.6 Å². The standard InChI is InChI=1S/C10H21NS2/c1-10(2)9-11(6-8-13-10)5-3-4-7-12/h12H,3-9H2,1-2H3. The number of thioether (sulfide) groups is 1. The summed E-state index contributed by atoms with van der Waals surface area (Å²) in [5.74, 6) is 2.33. The van der Waals surface area contributed by atoms with E-state index >= 15 is 0 Å². The van der Waals surface area contributed by atoms with E-state index in [1.54, 1.807) is 0 Å². The van der Waals surface area contributed by atoms with Crippen LogP contribution in [0.2, 0.25) is 0 Å². The summed E-state index contributed by atoms with van der Waals surface area (Å²) in [5, 5.41) is 0. The Labute approximate surface area is 92.1 Å². The van der Waals surface area contributed by atoms with Crippen LogP contribution in [0.4, 0.5) is 0 Å². The van der Waals surface area contributed by atoms with Gasteiger partial charge < -0.3 is 4.90 Å². The summed E-state index contributed by atoms with van der Waals surface area (Å²) in [6.07, 6.45) is 2.57. The molecule has 0 N–H and O–H groups in total. The van der Waals surface area contributed by atoms with Crippen molar-refractivity contribution in [3.63, 3.8) is 0 Å². The van der Waals surface area contributed by atoms with Gasteiger partial charge in [-0.25, -0.2) is 0 Å².